The molecule has 0 spiro atoms. The summed E-state index contributed by atoms with van der Waals surface area (Å²) in [6.07, 6.45) is 7.75. The van der Waals surface area contributed by atoms with Crippen molar-refractivity contribution in [3.05, 3.63) is 18.2 Å². The van der Waals surface area contributed by atoms with E-state index in [0.717, 1.165) is 17.5 Å². The number of hydrogen-bond acceptors (Lipinski definition) is 2. The molecule has 1 heterocycles. The maximum absolute atomic E-state index is 6.33. The van der Waals surface area contributed by atoms with Gasteiger partial charge in [0.1, 0.15) is 0 Å². The molecule has 0 aromatic carbocycles. The van der Waals surface area contributed by atoms with Crippen molar-refractivity contribution in [3.8, 4) is 0 Å². The van der Waals surface area contributed by atoms with Gasteiger partial charge in [0.15, 0.2) is 0 Å². The van der Waals surface area contributed by atoms with Gasteiger partial charge in [0, 0.05) is 13.2 Å². The van der Waals surface area contributed by atoms with E-state index in [9.17, 15) is 0 Å². The van der Waals surface area contributed by atoms with Gasteiger partial charge in [0.25, 0.3) is 0 Å². The van der Waals surface area contributed by atoms with Crippen molar-refractivity contribution in [2.75, 3.05) is 0 Å². The highest BCUT2D eigenvalue weighted by atomic mass is 15.0. The van der Waals surface area contributed by atoms with E-state index in [1.807, 2.05) is 17.9 Å². The molecule has 0 saturated heterocycles. The van der Waals surface area contributed by atoms with Gasteiger partial charge >= 0.3 is 0 Å². The van der Waals surface area contributed by atoms with Crippen molar-refractivity contribution in [3.63, 3.8) is 0 Å². The summed E-state index contributed by atoms with van der Waals surface area (Å²) in [6, 6.07) is 0.117. The van der Waals surface area contributed by atoms with Crippen LogP contribution < -0.4 is 5.73 Å². The molecule has 2 N–H and O–H groups in total. The van der Waals surface area contributed by atoms with Crippen molar-refractivity contribution in [1.29, 1.82) is 0 Å². The molecule has 1 saturated carbocycles. The van der Waals surface area contributed by atoms with Crippen LogP contribution in [-0.4, -0.2) is 9.55 Å². The van der Waals surface area contributed by atoms with Gasteiger partial charge in [-0.15, -0.1) is 0 Å². The normalized spacial score (nSPS) is 32.6. The van der Waals surface area contributed by atoms with E-state index < -0.39 is 0 Å². The maximum Gasteiger partial charge on any atom is 0.0947 e. The second kappa shape index (κ2) is 4.58. The van der Waals surface area contributed by atoms with Gasteiger partial charge in [-0.1, -0.05) is 13.8 Å². The number of hydrogen-bond donors (Lipinski definition) is 1. The highest BCUT2D eigenvalue weighted by Crippen LogP contribution is 2.38. The van der Waals surface area contributed by atoms with Gasteiger partial charge in [0.05, 0.1) is 18.1 Å². The quantitative estimate of drug-likeness (QED) is 0.834. The molecule has 3 unspecified atom stereocenters. The Morgan fingerprint density at radius 2 is 1.94 bits per heavy atom. The van der Waals surface area contributed by atoms with Crippen LogP contribution in [0, 0.1) is 17.8 Å². The van der Waals surface area contributed by atoms with Crippen LogP contribution in [0.5, 0.6) is 0 Å². The summed E-state index contributed by atoms with van der Waals surface area (Å²) in [5, 5.41) is 0. The summed E-state index contributed by atoms with van der Waals surface area (Å²) in [5.41, 5.74) is 7.38. The van der Waals surface area contributed by atoms with Gasteiger partial charge in [0.2, 0.25) is 0 Å². The second-order valence-corrected chi connectivity index (χ2v) is 5.67. The Kier molecular flexibility index (Phi) is 3.33. The van der Waals surface area contributed by atoms with Crippen LogP contribution in [0.25, 0.3) is 0 Å². The second-order valence-electron chi connectivity index (χ2n) is 5.67. The van der Waals surface area contributed by atoms with Gasteiger partial charge < -0.3 is 10.3 Å². The van der Waals surface area contributed by atoms with Crippen molar-refractivity contribution in [2.45, 2.75) is 39.2 Å². The zero-order valence-electron chi connectivity index (χ0n) is 10.6. The molecule has 1 aromatic rings. The molecule has 1 aliphatic carbocycles. The van der Waals surface area contributed by atoms with Crippen LogP contribution in [0.3, 0.4) is 0 Å². The Bertz CT molecular complexity index is 335. The third kappa shape index (κ3) is 2.46. The number of nitrogens with zero attached hydrogens (tertiary/aromatic N) is 2. The Hall–Kier alpha value is -0.830. The predicted molar refractivity (Wildman–Crippen MR) is 65.8 cm³/mol. The fraction of sp³-hybridized carbons (Fsp3) is 0.769. The van der Waals surface area contributed by atoms with Gasteiger partial charge in [-0.05, 0) is 37.0 Å². The molecule has 3 atom stereocenters. The van der Waals surface area contributed by atoms with Crippen LogP contribution in [-0.2, 0) is 7.05 Å². The number of imidazole rings is 1. The molecule has 1 fully saturated rings. The minimum absolute atomic E-state index is 0.117. The predicted octanol–water partition coefficient (Wildman–Crippen LogP) is 2.49. The summed E-state index contributed by atoms with van der Waals surface area (Å²) in [7, 11) is 2.00. The zero-order chi connectivity index (χ0) is 11.7. The van der Waals surface area contributed by atoms with Crippen LogP contribution in [0.2, 0.25) is 0 Å². The molecular formula is C13H23N3. The SMILES string of the molecule is CC1CC(C)CC(C(N)c2cn(C)cn2)C1. The maximum atomic E-state index is 6.33. The summed E-state index contributed by atoms with van der Waals surface area (Å²) < 4.78 is 1.98. The van der Waals surface area contributed by atoms with E-state index in [0.29, 0.717) is 5.92 Å². The monoisotopic (exact) mass is 221 g/mol. The first kappa shape index (κ1) is 11.6. The van der Waals surface area contributed by atoms with Crippen molar-refractivity contribution in [1.82, 2.24) is 9.55 Å². The number of aryl methyl sites for hydroxylation is 1. The summed E-state index contributed by atoms with van der Waals surface area (Å²) in [4.78, 5) is 4.38. The van der Waals surface area contributed by atoms with E-state index in [2.05, 4.69) is 25.0 Å². The molecule has 3 heteroatoms. The molecule has 1 aromatic heterocycles. The smallest absolute Gasteiger partial charge is 0.0947 e. The van der Waals surface area contributed by atoms with E-state index in [4.69, 9.17) is 5.73 Å². The lowest BCUT2D eigenvalue weighted by atomic mass is 9.73. The van der Waals surface area contributed by atoms with Crippen molar-refractivity contribution >= 4 is 0 Å². The average molecular weight is 221 g/mol. The first-order valence-electron chi connectivity index (χ1n) is 6.29. The lowest BCUT2D eigenvalue weighted by Crippen LogP contribution is -2.29. The molecule has 0 radical (unpaired) electrons. The molecule has 0 amide bonds. The van der Waals surface area contributed by atoms with Crippen molar-refractivity contribution in [2.24, 2.45) is 30.5 Å². The lowest BCUT2D eigenvalue weighted by Gasteiger charge is -2.34. The highest BCUT2D eigenvalue weighted by Gasteiger charge is 2.29. The minimum Gasteiger partial charge on any atom is -0.340 e. The largest absolute Gasteiger partial charge is 0.340 e. The first-order valence-corrected chi connectivity index (χ1v) is 6.29. The van der Waals surface area contributed by atoms with E-state index in [-0.39, 0.29) is 6.04 Å². The Morgan fingerprint density at radius 3 is 2.44 bits per heavy atom. The van der Waals surface area contributed by atoms with Crippen LogP contribution in [0.15, 0.2) is 12.5 Å². The molecule has 1 aliphatic rings. The summed E-state index contributed by atoms with van der Waals surface area (Å²) in [5.74, 6) is 2.22. The van der Waals surface area contributed by atoms with E-state index in [1.165, 1.54) is 19.3 Å². The summed E-state index contributed by atoms with van der Waals surface area (Å²) >= 11 is 0. The number of aromatic nitrogens is 2. The van der Waals surface area contributed by atoms with Crippen LogP contribution >= 0.6 is 0 Å². The topological polar surface area (TPSA) is 43.8 Å². The molecule has 0 aliphatic heterocycles. The molecule has 0 bridgehead atoms. The van der Waals surface area contributed by atoms with Gasteiger partial charge in [-0.25, -0.2) is 4.98 Å². The molecule has 2 rings (SSSR count). The highest BCUT2D eigenvalue weighted by molar-refractivity contribution is 5.05. The van der Waals surface area contributed by atoms with Gasteiger partial charge in [-0.3, -0.25) is 0 Å². The third-order valence-corrected chi connectivity index (χ3v) is 3.79. The first-order chi connectivity index (χ1) is 7.56. The third-order valence-electron chi connectivity index (χ3n) is 3.79. The minimum atomic E-state index is 0.117. The van der Waals surface area contributed by atoms with E-state index >= 15 is 0 Å². The number of nitrogens with two attached hydrogens (primary N) is 1. The fourth-order valence-corrected chi connectivity index (χ4v) is 3.15. The number of rotatable bonds is 2. The Balaban J connectivity index is 2.06. The molecule has 90 valence electrons. The standard InChI is InChI=1S/C13H23N3/c1-9-4-10(2)6-11(5-9)13(14)12-7-16(3)8-15-12/h7-11,13H,4-6,14H2,1-3H3. The van der Waals surface area contributed by atoms with E-state index in [1.54, 1.807) is 0 Å². The van der Waals surface area contributed by atoms with Crippen LogP contribution in [0.1, 0.15) is 44.8 Å². The Morgan fingerprint density at radius 1 is 1.31 bits per heavy atom. The lowest BCUT2D eigenvalue weighted by molar-refractivity contribution is 0.192. The zero-order valence-corrected chi connectivity index (χ0v) is 10.6. The average Bonchev–Trinajstić information content (AvgIpc) is 2.62. The fourth-order valence-electron chi connectivity index (χ4n) is 3.15. The van der Waals surface area contributed by atoms with Gasteiger partial charge in [-0.2, -0.15) is 0 Å². The molecule has 16 heavy (non-hydrogen) atoms. The molecule has 3 nitrogen and oxygen atoms in total. The summed E-state index contributed by atoms with van der Waals surface area (Å²) in [6.45, 7) is 4.68. The molecular weight excluding hydrogens is 198 g/mol. The van der Waals surface area contributed by atoms with Crippen LogP contribution in [0.4, 0.5) is 0 Å². The van der Waals surface area contributed by atoms with Crippen molar-refractivity contribution < 1.29 is 0 Å². The Labute approximate surface area is 98.1 Å².